The highest BCUT2D eigenvalue weighted by Crippen LogP contribution is 2.14. The summed E-state index contributed by atoms with van der Waals surface area (Å²) in [5.41, 5.74) is 1.85. The summed E-state index contributed by atoms with van der Waals surface area (Å²) < 4.78 is 6.81. The average molecular weight is 334 g/mol. The van der Waals surface area contributed by atoms with Gasteiger partial charge in [-0.3, -0.25) is 14.0 Å². The van der Waals surface area contributed by atoms with Gasteiger partial charge in [-0.1, -0.05) is 6.07 Å². The SMILES string of the molecule is Cc1cccn2c(=O)cc(CSCCC(=O)OC(C)(C)C)nc12. The molecule has 2 rings (SSSR count). The molecule has 5 nitrogen and oxygen atoms in total. The fourth-order valence-electron chi connectivity index (χ4n) is 2.11. The number of hydrogen-bond donors (Lipinski definition) is 0. The third-order valence-corrected chi connectivity index (χ3v) is 4.05. The lowest BCUT2D eigenvalue weighted by Crippen LogP contribution is -2.24. The summed E-state index contributed by atoms with van der Waals surface area (Å²) in [4.78, 5) is 28.3. The summed E-state index contributed by atoms with van der Waals surface area (Å²) in [6.45, 7) is 7.49. The first-order chi connectivity index (χ1) is 10.8. The second-order valence-corrected chi connectivity index (χ2v) is 7.46. The lowest BCUT2D eigenvalue weighted by Gasteiger charge is -2.19. The molecule has 0 unspecified atom stereocenters. The van der Waals surface area contributed by atoms with Crippen LogP contribution >= 0.6 is 11.8 Å². The van der Waals surface area contributed by atoms with Crippen LogP contribution in [0.5, 0.6) is 0 Å². The second kappa shape index (κ2) is 7.17. The Morgan fingerprint density at radius 3 is 2.83 bits per heavy atom. The van der Waals surface area contributed by atoms with Gasteiger partial charge in [-0.15, -0.1) is 0 Å². The molecule has 2 heterocycles. The Morgan fingerprint density at radius 1 is 1.39 bits per heavy atom. The van der Waals surface area contributed by atoms with Crippen LogP contribution in [0.2, 0.25) is 0 Å². The van der Waals surface area contributed by atoms with E-state index in [0.717, 1.165) is 11.3 Å². The molecule has 6 heteroatoms. The number of aromatic nitrogens is 2. The molecular formula is C17H22N2O3S. The molecule has 0 aliphatic rings. The zero-order chi connectivity index (χ0) is 17.0. The molecule has 0 saturated heterocycles. The summed E-state index contributed by atoms with van der Waals surface area (Å²) >= 11 is 1.57. The van der Waals surface area contributed by atoms with Crippen LogP contribution in [0.4, 0.5) is 0 Å². The van der Waals surface area contributed by atoms with Gasteiger partial charge in [0.05, 0.1) is 12.1 Å². The number of fused-ring (bicyclic) bond motifs is 1. The molecule has 0 N–H and O–H groups in total. The number of pyridine rings is 1. The van der Waals surface area contributed by atoms with Gasteiger partial charge in [0.1, 0.15) is 11.2 Å². The number of rotatable bonds is 5. The molecule has 0 aliphatic heterocycles. The third kappa shape index (κ3) is 5.10. The van der Waals surface area contributed by atoms with Crippen LogP contribution in [0.1, 0.15) is 38.4 Å². The molecule has 23 heavy (non-hydrogen) atoms. The molecule has 0 aromatic carbocycles. The fraction of sp³-hybridized carbons (Fsp3) is 0.471. The van der Waals surface area contributed by atoms with E-state index in [4.69, 9.17) is 4.74 Å². The van der Waals surface area contributed by atoms with Crippen molar-refractivity contribution in [3.8, 4) is 0 Å². The minimum absolute atomic E-state index is 0.0820. The monoisotopic (exact) mass is 334 g/mol. The Labute approximate surface area is 140 Å². The van der Waals surface area contributed by atoms with Crippen molar-refractivity contribution in [2.24, 2.45) is 0 Å². The van der Waals surface area contributed by atoms with Gasteiger partial charge < -0.3 is 4.74 Å². The maximum Gasteiger partial charge on any atom is 0.307 e. The fourth-order valence-corrected chi connectivity index (χ4v) is 2.92. The van der Waals surface area contributed by atoms with E-state index in [0.29, 0.717) is 23.6 Å². The van der Waals surface area contributed by atoms with Gasteiger partial charge in [-0.25, -0.2) is 4.98 Å². The van der Waals surface area contributed by atoms with Crippen molar-refractivity contribution in [1.29, 1.82) is 0 Å². The van der Waals surface area contributed by atoms with Crippen LogP contribution in [0, 0.1) is 6.92 Å². The number of carbonyl (C=O) groups excluding carboxylic acids is 1. The topological polar surface area (TPSA) is 60.7 Å². The highest BCUT2D eigenvalue weighted by Gasteiger charge is 2.15. The van der Waals surface area contributed by atoms with Gasteiger partial charge in [-0.05, 0) is 39.3 Å². The van der Waals surface area contributed by atoms with Crippen LogP contribution in [-0.2, 0) is 15.3 Å². The zero-order valence-corrected chi connectivity index (χ0v) is 14.8. The summed E-state index contributed by atoms with van der Waals surface area (Å²) in [7, 11) is 0. The Bertz CT molecular complexity index is 763. The average Bonchev–Trinajstić information content (AvgIpc) is 2.43. The quantitative estimate of drug-likeness (QED) is 0.621. The van der Waals surface area contributed by atoms with E-state index < -0.39 is 5.60 Å². The first-order valence-electron chi connectivity index (χ1n) is 7.54. The second-order valence-electron chi connectivity index (χ2n) is 6.36. The van der Waals surface area contributed by atoms with Crippen molar-refractivity contribution in [3.05, 3.63) is 46.0 Å². The number of thioether (sulfide) groups is 1. The lowest BCUT2D eigenvalue weighted by atomic mass is 10.2. The maximum absolute atomic E-state index is 12.1. The zero-order valence-electron chi connectivity index (χ0n) is 14.0. The number of esters is 1. The molecule has 0 spiro atoms. The van der Waals surface area contributed by atoms with Gasteiger partial charge >= 0.3 is 5.97 Å². The molecule has 2 aromatic heterocycles. The summed E-state index contributed by atoms with van der Waals surface area (Å²) in [5.74, 6) is 1.04. The van der Waals surface area contributed by atoms with Crippen LogP contribution in [0.3, 0.4) is 0 Å². The summed E-state index contributed by atoms with van der Waals surface area (Å²) in [5, 5.41) is 0. The van der Waals surface area contributed by atoms with E-state index in [-0.39, 0.29) is 11.5 Å². The van der Waals surface area contributed by atoms with E-state index in [1.807, 2.05) is 39.8 Å². The summed E-state index contributed by atoms with van der Waals surface area (Å²) in [6, 6.07) is 5.31. The van der Waals surface area contributed by atoms with Gasteiger partial charge in [0, 0.05) is 23.8 Å². The predicted octanol–water partition coefficient (Wildman–Crippen LogP) is 2.97. The van der Waals surface area contributed by atoms with E-state index in [9.17, 15) is 9.59 Å². The molecule has 0 amide bonds. The van der Waals surface area contributed by atoms with Crippen LogP contribution in [0.25, 0.3) is 5.65 Å². The predicted molar refractivity (Wildman–Crippen MR) is 92.8 cm³/mol. The number of hydrogen-bond acceptors (Lipinski definition) is 5. The molecule has 0 saturated carbocycles. The normalized spacial score (nSPS) is 11.7. The van der Waals surface area contributed by atoms with Gasteiger partial charge in [-0.2, -0.15) is 11.8 Å². The minimum atomic E-state index is -0.451. The van der Waals surface area contributed by atoms with Crippen molar-refractivity contribution in [2.45, 2.75) is 45.5 Å². The molecule has 0 bridgehead atoms. The van der Waals surface area contributed by atoms with E-state index in [2.05, 4.69) is 4.98 Å². The Kier molecular flexibility index (Phi) is 5.46. The standard InChI is InChI=1S/C17H22N2O3S/c1-12-6-5-8-19-14(20)10-13(18-16(12)19)11-23-9-7-15(21)22-17(2,3)4/h5-6,8,10H,7,9,11H2,1-4H3. The minimum Gasteiger partial charge on any atom is -0.460 e. The van der Waals surface area contributed by atoms with Crippen molar-refractivity contribution < 1.29 is 9.53 Å². The molecule has 0 aliphatic carbocycles. The molecular weight excluding hydrogens is 312 g/mol. The smallest absolute Gasteiger partial charge is 0.307 e. The third-order valence-electron chi connectivity index (χ3n) is 3.06. The first kappa shape index (κ1) is 17.5. The van der Waals surface area contributed by atoms with Gasteiger partial charge in [0.2, 0.25) is 0 Å². The Hall–Kier alpha value is -1.82. The van der Waals surface area contributed by atoms with Crippen LogP contribution < -0.4 is 5.56 Å². The Morgan fingerprint density at radius 2 is 2.13 bits per heavy atom. The summed E-state index contributed by atoms with van der Waals surface area (Å²) in [6.07, 6.45) is 2.07. The van der Waals surface area contributed by atoms with E-state index in [1.54, 1.807) is 28.4 Å². The van der Waals surface area contributed by atoms with E-state index >= 15 is 0 Å². The van der Waals surface area contributed by atoms with Crippen LogP contribution in [0.15, 0.2) is 29.2 Å². The van der Waals surface area contributed by atoms with Crippen LogP contribution in [-0.4, -0.2) is 26.7 Å². The highest BCUT2D eigenvalue weighted by molar-refractivity contribution is 7.98. The number of nitrogens with zero attached hydrogens (tertiary/aromatic N) is 2. The Balaban J connectivity index is 1.94. The molecule has 0 atom stereocenters. The van der Waals surface area contributed by atoms with Gasteiger partial charge in [0.15, 0.2) is 0 Å². The molecule has 0 radical (unpaired) electrons. The van der Waals surface area contributed by atoms with Crippen molar-refractivity contribution in [2.75, 3.05) is 5.75 Å². The van der Waals surface area contributed by atoms with Crippen molar-refractivity contribution in [3.63, 3.8) is 0 Å². The van der Waals surface area contributed by atoms with Gasteiger partial charge in [0.25, 0.3) is 5.56 Å². The number of aryl methyl sites for hydroxylation is 1. The highest BCUT2D eigenvalue weighted by atomic mass is 32.2. The largest absolute Gasteiger partial charge is 0.460 e. The van der Waals surface area contributed by atoms with E-state index in [1.165, 1.54) is 0 Å². The molecule has 0 fully saturated rings. The van der Waals surface area contributed by atoms with Crippen molar-refractivity contribution >= 4 is 23.4 Å². The molecule has 2 aromatic rings. The first-order valence-corrected chi connectivity index (χ1v) is 8.69. The lowest BCUT2D eigenvalue weighted by molar-refractivity contribution is -0.154. The number of ether oxygens (including phenoxy) is 1. The maximum atomic E-state index is 12.1. The molecule has 124 valence electrons. The number of carbonyl (C=O) groups is 1. The van der Waals surface area contributed by atoms with Crippen molar-refractivity contribution in [1.82, 2.24) is 9.38 Å².